The molecule has 3 rings (SSSR count). The number of hydrogen-bond acceptors (Lipinski definition) is 4. The summed E-state index contributed by atoms with van der Waals surface area (Å²) >= 11 is 0. The first kappa shape index (κ1) is 16.2. The molecule has 7 heteroatoms. The molecule has 1 aromatic heterocycles. The van der Waals surface area contributed by atoms with Crippen molar-refractivity contribution < 1.29 is 9.47 Å². The minimum absolute atomic E-state index is 0.669. The molecule has 2 aromatic rings. The Morgan fingerprint density at radius 3 is 2.67 bits per heavy atom. The van der Waals surface area contributed by atoms with Crippen LogP contribution in [0, 0.1) is 0 Å². The van der Waals surface area contributed by atoms with Gasteiger partial charge in [-0.3, -0.25) is 10.1 Å². The van der Waals surface area contributed by atoms with Gasteiger partial charge < -0.3 is 19.7 Å². The number of aromatic nitrogens is 2. The third-order valence-corrected chi connectivity index (χ3v) is 4.22. The normalized spacial score (nSPS) is 14.3. The van der Waals surface area contributed by atoms with Gasteiger partial charge >= 0.3 is 0 Å². The van der Waals surface area contributed by atoms with Crippen LogP contribution in [0.25, 0.3) is 0 Å². The number of benzene rings is 1. The summed E-state index contributed by atoms with van der Waals surface area (Å²) in [6, 6.07) is 6.08. The first-order chi connectivity index (χ1) is 11.7. The summed E-state index contributed by atoms with van der Waals surface area (Å²) in [7, 11) is 5.13. The minimum atomic E-state index is 0.669. The predicted octanol–water partition coefficient (Wildman–Crippen LogP) is 1.56. The molecule has 2 heterocycles. The SMILES string of the molecule is CN=C(NCc1ccn[nH]1)N1CCc2cc(OC)c(OC)cc2C1. The summed E-state index contributed by atoms with van der Waals surface area (Å²) < 4.78 is 10.8. The molecule has 0 spiro atoms. The highest BCUT2D eigenvalue weighted by Gasteiger charge is 2.21. The first-order valence-electron chi connectivity index (χ1n) is 7.92. The van der Waals surface area contributed by atoms with Gasteiger partial charge in [-0.15, -0.1) is 0 Å². The maximum Gasteiger partial charge on any atom is 0.194 e. The second kappa shape index (κ2) is 7.25. The maximum atomic E-state index is 5.42. The minimum Gasteiger partial charge on any atom is -0.493 e. The summed E-state index contributed by atoms with van der Waals surface area (Å²) in [6.45, 7) is 2.37. The van der Waals surface area contributed by atoms with Gasteiger partial charge in [-0.25, -0.2) is 0 Å². The lowest BCUT2D eigenvalue weighted by Crippen LogP contribution is -2.43. The van der Waals surface area contributed by atoms with Crippen LogP contribution in [0.1, 0.15) is 16.8 Å². The Bertz CT molecular complexity index is 712. The summed E-state index contributed by atoms with van der Waals surface area (Å²) in [5.41, 5.74) is 3.57. The molecule has 0 bridgehead atoms. The van der Waals surface area contributed by atoms with Crippen LogP contribution in [-0.4, -0.2) is 48.9 Å². The molecule has 0 atom stereocenters. The number of nitrogens with one attached hydrogen (secondary N) is 2. The van der Waals surface area contributed by atoms with Gasteiger partial charge in [0.15, 0.2) is 17.5 Å². The largest absolute Gasteiger partial charge is 0.493 e. The van der Waals surface area contributed by atoms with Crippen molar-refractivity contribution in [3.63, 3.8) is 0 Å². The van der Waals surface area contributed by atoms with Crippen molar-refractivity contribution in [1.29, 1.82) is 0 Å². The summed E-state index contributed by atoms with van der Waals surface area (Å²) in [5, 5.41) is 10.3. The summed E-state index contributed by atoms with van der Waals surface area (Å²) in [6.07, 6.45) is 2.69. The van der Waals surface area contributed by atoms with E-state index in [9.17, 15) is 0 Å². The highest BCUT2D eigenvalue weighted by molar-refractivity contribution is 5.80. The van der Waals surface area contributed by atoms with Crippen molar-refractivity contribution in [1.82, 2.24) is 20.4 Å². The van der Waals surface area contributed by atoms with E-state index in [0.29, 0.717) is 6.54 Å². The number of methoxy groups -OCH3 is 2. The average molecular weight is 329 g/mol. The Hall–Kier alpha value is -2.70. The lowest BCUT2D eigenvalue weighted by molar-refractivity contribution is 0.346. The fourth-order valence-corrected chi connectivity index (χ4v) is 2.95. The van der Waals surface area contributed by atoms with Gasteiger partial charge in [-0.1, -0.05) is 0 Å². The van der Waals surface area contributed by atoms with Crippen LogP contribution in [0.15, 0.2) is 29.4 Å². The number of rotatable bonds is 4. The molecule has 0 aliphatic carbocycles. The van der Waals surface area contributed by atoms with Gasteiger partial charge in [-0.05, 0) is 35.7 Å². The number of ether oxygens (including phenoxy) is 2. The van der Waals surface area contributed by atoms with E-state index in [1.807, 2.05) is 6.07 Å². The van der Waals surface area contributed by atoms with Crippen molar-refractivity contribution >= 4 is 5.96 Å². The number of hydrogen-bond donors (Lipinski definition) is 2. The highest BCUT2D eigenvalue weighted by atomic mass is 16.5. The third kappa shape index (κ3) is 3.29. The Labute approximate surface area is 141 Å². The van der Waals surface area contributed by atoms with Gasteiger partial charge in [0.25, 0.3) is 0 Å². The van der Waals surface area contributed by atoms with Gasteiger partial charge in [0.05, 0.1) is 26.5 Å². The molecular weight excluding hydrogens is 306 g/mol. The molecule has 1 aliphatic heterocycles. The zero-order valence-electron chi connectivity index (χ0n) is 14.3. The molecule has 7 nitrogen and oxygen atoms in total. The van der Waals surface area contributed by atoms with Crippen LogP contribution >= 0.6 is 0 Å². The standard InChI is InChI=1S/C17H23N5O2/c1-18-17(19-10-14-4-6-20-21-14)22-7-5-12-8-15(23-2)16(24-3)9-13(12)11-22/h4,6,8-9H,5,7,10-11H2,1-3H3,(H,18,19)(H,20,21). The van der Waals surface area contributed by atoms with Gasteiger partial charge in [0, 0.05) is 26.3 Å². The van der Waals surface area contributed by atoms with Crippen LogP contribution < -0.4 is 14.8 Å². The lowest BCUT2D eigenvalue weighted by Gasteiger charge is -2.32. The molecule has 1 aromatic carbocycles. The van der Waals surface area contributed by atoms with E-state index in [-0.39, 0.29) is 0 Å². The van der Waals surface area contributed by atoms with Crippen LogP contribution in [0.4, 0.5) is 0 Å². The zero-order valence-corrected chi connectivity index (χ0v) is 14.3. The second-order valence-corrected chi connectivity index (χ2v) is 5.63. The quantitative estimate of drug-likeness (QED) is 0.658. The molecule has 1 aliphatic rings. The number of aliphatic imine (C=N–C) groups is 1. The van der Waals surface area contributed by atoms with Crippen LogP contribution in [-0.2, 0) is 19.5 Å². The zero-order chi connectivity index (χ0) is 16.9. The molecule has 2 N–H and O–H groups in total. The van der Waals surface area contributed by atoms with E-state index in [1.165, 1.54) is 11.1 Å². The third-order valence-electron chi connectivity index (χ3n) is 4.22. The molecule has 0 radical (unpaired) electrons. The van der Waals surface area contributed by atoms with Crippen molar-refractivity contribution in [2.75, 3.05) is 27.8 Å². The molecule has 0 amide bonds. The number of nitrogens with zero attached hydrogens (tertiary/aromatic N) is 3. The Morgan fingerprint density at radius 2 is 2.04 bits per heavy atom. The van der Waals surface area contributed by atoms with E-state index in [0.717, 1.165) is 42.7 Å². The van der Waals surface area contributed by atoms with E-state index in [2.05, 4.69) is 37.5 Å². The van der Waals surface area contributed by atoms with Gasteiger partial charge in [0.1, 0.15) is 0 Å². The van der Waals surface area contributed by atoms with E-state index in [4.69, 9.17) is 9.47 Å². The average Bonchev–Trinajstić information content (AvgIpc) is 3.14. The molecule has 128 valence electrons. The van der Waals surface area contributed by atoms with Gasteiger partial charge in [0.2, 0.25) is 0 Å². The maximum absolute atomic E-state index is 5.42. The van der Waals surface area contributed by atoms with Gasteiger partial charge in [-0.2, -0.15) is 5.10 Å². The monoisotopic (exact) mass is 329 g/mol. The van der Waals surface area contributed by atoms with Crippen LogP contribution in [0.5, 0.6) is 11.5 Å². The Balaban J connectivity index is 1.73. The molecule has 24 heavy (non-hydrogen) atoms. The Kier molecular flexibility index (Phi) is 4.88. The summed E-state index contributed by atoms with van der Waals surface area (Å²) in [5.74, 6) is 2.43. The van der Waals surface area contributed by atoms with E-state index < -0.39 is 0 Å². The first-order valence-corrected chi connectivity index (χ1v) is 7.92. The molecule has 0 unspecified atom stereocenters. The van der Waals surface area contributed by atoms with Crippen LogP contribution in [0.2, 0.25) is 0 Å². The highest BCUT2D eigenvalue weighted by Crippen LogP contribution is 2.33. The molecule has 0 saturated heterocycles. The molecule has 0 saturated carbocycles. The van der Waals surface area contributed by atoms with Crippen LogP contribution in [0.3, 0.4) is 0 Å². The van der Waals surface area contributed by atoms with Crippen molar-refractivity contribution in [2.45, 2.75) is 19.5 Å². The topological polar surface area (TPSA) is 74.8 Å². The predicted molar refractivity (Wildman–Crippen MR) is 92.4 cm³/mol. The smallest absolute Gasteiger partial charge is 0.194 e. The second-order valence-electron chi connectivity index (χ2n) is 5.63. The lowest BCUT2D eigenvalue weighted by atomic mass is 9.99. The number of fused-ring (bicyclic) bond motifs is 1. The summed E-state index contributed by atoms with van der Waals surface area (Å²) in [4.78, 5) is 6.64. The van der Waals surface area contributed by atoms with E-state index >= 15 is 0 Å². The van der Waals surface area contributed by atoms with Crippen molar-refractivity contribution in [2.24, 2.45) is 4.99 Å². The van der Waals surface area contributed by atoms with E-state index in [1.54, 1.807) is 27.5 Å². The number of guanidine groups is 1. The van der Waals surface area contributed by atoms with Crippen molar-refractivity contribution in [3.05, 3.63) is 41.2 Å². The molecular formula is C17H23N5O2. The van der Waals surface area contributed by atoms with Crippen molar-refractivity contribution in [3.8, 4) is 11.5 Å². The fourth-order valence-electron chi connectivity index (χ4n) is 2.95. The number of H-pyrrole nitrogens is 1. The fraction of sp³-hybridized carbons (Fsp3) is 0.412. The number of aromatic amines is 1. The molecule has 0 fully saturated rings. The Morgan fingerprint density at radius 1 is 1.29 bits per heavy atom.